The highest BCUT2D eigenvalue weighted by Gasteiger charge is 2.47. The zero-order chi connectivity index (χ0) is 24.2. The maximum atomic E-state index is 13.3. The number of piperidine rings is 1. The van der Waals surface area contributed by atoms with Gasteiger partial charge in [0.25, 0.3) is 0 Å². The second-order valence-electron chi connectivity index (χ2n) is 9.10. The number of benzene rings is 1. The molecule has 1 saturated carbocycles. The summed E-state index contributed by atoms with van der Waals surface area (Å²) in [7, 11) is -3.81. The van der Waals surface area contributed by atoms with E-state index in [1.807, 2.05) is 19.1 Å². The SMILES string of the molecule is CCCC(NC(=O)C1CCCCN1S(=O)(=O)c1ccccc1)C(=O)NC1(c2cccnc2)CC1.[HH]. The van der Waals surface area contributed by atoms with Gasteiger partial charge in [-0.3, -0.25) is 14.6 Å². The first-order valence-corrected chi connectivity index (χ1v) is 13.4. The highest BCUT2D eigenvalue weighted by molar-refractivity contribution is 7.89. The summed E-state index contributed by atoms with van der Waals surface area (Å²) in [4.78, 5) is 30.9. The Hall–Kier alpha value is -2.78. The number of carbonyl (C=O) groups is 2. The van der Waals surface area contributed by atoms with E-state index in [2.05, 4.69) is 15.6 Å². The van der Waals surface area contributed by atoms with Crippen LogP contribution in [-0.2, 0) is 25.2 Å². The molecule has 1 saturated heterocycles. The molecular weight excluding hydrogens is 452 g/mol. The average molecular weight is 487 g/mol. The molecular formula is C25H34N4O4S. The van der Waals surface area contributed by atoms with Crippen molar-refractivity contribution in [3.8, 4) is 0 Å². The third-order valence-electron chi connectivity index (χ3n) is 6.64. The van der Waals surface area contributed by atoms with Gasteiger partial charge in [-0.2, -0.15) is 4.31 Å². The Morgan fingerprint density at radius 1 is 1.18 bits per heavy atom. The minimum Gasteiger partial charge on any atom is -0.345 e. The van der Waals surface area contributed by atoms with Crippen LogP contribution in [-0.4, -0.2) is 48.1 Å². The van der Waals surface area contributed by atoms with Crippen molar-refractivity contribution in [3.63, 3.8) is 0 Å². The Morgan fingerprint density at radius 3 is 2.59 bits per heavy atom. The van der Waals surface area contributed by atoms with Gasteiger partial charge < -0.3 is 10.6 Å². The Bertz CT molecular complexity index is 1110. The molecule has 1 aliphatic heterocycles. The quantitative estimate of drug-likeness (QED) is 0.567. The van der Waals surface area contributed by atoms with Crippen LogP contribution in [0.15, 0.2) is 59.8 Å². The molecule has 2 amide bonds. The van der Waals surface area contributed by atoms with Crippen LogP contribution >= 0.6 is 0 Å². The first-order valence-electron chi connectivity index (χ1n) is 12.0. The van der Waals surface area contributed by atoms with E-state index >= 15 is 0 Å². The molecule has 8 nitrogen and oxygen atoms in total. The molecule has 2 atom stereocenters. The van der Waals surface area contributed by atoms with Crippen LogP contribution in [0.3, 0.4) is 0 Å². The molecule has 2 fully saturated rings. The molecule has 9 heteroatoms. The van der Waals surface area contributed by atoms with E-state index in [4.69, 9.17) is 0 Å². The van der Waals surface area contributed by atoms with Crippen LogP contribution in [0.4, 0.5) is 0 Å². The fourth-order valence-electron chi connectivity index (χ4n) is 4.59. The van der Waals surface area contributed by atoms with Crippen LogP contribution in [0.2, 0.25) is 0 Å². The molecule has 2 aromatic rings. The Kier molecular flexibility index (Phi) is 7.33. The number of hydrogen-bond donors (Lipinski definition) is 2. The molecule has 1 aliphatic carbocycles. The first-order chi connectivity index (χ1) is 16.4. The van der Waals surface area contributed by atoms with Gasteiger partial charge in [-0.25, -0.2) is 8.42 Å². The molecule has 1 aromatic heterocycles. The lowest BCUT2D eigenvalue weighted by Crippen LogP contribution is -2.56. The number of nitrogens with zero attached hydrogens (tertiary/aromatic N) is 2. The number of rotatable bonds is 9. The van der Waals surface area contributed by atoms with Crippen LogP contribution in [0, 0.1) is 0 Å². The summed E-state index contributed by atoms with van der Waals surface area (Å²) >= 11 is 0. The van der Waals surface area contributed by atoms with Crippen molar-refractivity contribution < 1.29 is 19.4 Å². The van der Waals surface area contributed by atoms with Crippen molar-refractivity contribution >= 4 is 21.8 Å². The van der Waals surface area contributed by atoms with Gasteiger partial charge in [-0.05, 0) is 55.9 Å². The fraction of sp³-hybridized carbons (Fsp3) is 0.480. The van der Waals surface area contributed by atoms with Crippen LogP contribution in [0.1, 0.15) is 58.9 Å². The lowest BCUT2D eigenvalue weighted by atomic mass is 10.0. The van der Waals surface area contributed by atoms with E-state index in [0.717, 1.165) is 24.8 Å². The smallest absolute Gasteiger partial charge is 0.243 e. The van der Waals surface area contributed by atoms with E-state index in [-0.39, 0.29) is 18.8 Å². The molecule has 2 unspecified atom stereocenters. The first kappa shape index (κ1) is 24.3. The number of sulfonamides is 1. The third kappa shape index (κ3) is 5.15. The highest BCUT2D eigenvalue weighted by atomic mass is 32.2. The predicted octanol–water partition coefficient (Wildman–Crippen LogP) is 2.96. The number of carbonyl (C=O) groups excluding carboxylic acids is 2. The van der Waals surface area contributed by atoms with E-state index in [1.165, 1.54) is 4.31 Å². The molecule has 2 heterocycles. The van der Waals surface area contributed by atoms with Gasteiger partial charge in [0.2, 0.25) is 21.8 Å². The molecule has 0 radical (unpaired) electrons. The maximum absolute atomic E-state index is 13.3. The zero-order valence-electron chi connectivity index (χ0n) is 19.4. The minimum absolute atomic E-state index is 0. The molecule has 2 aliphatic rings. The number of pyridine rings is 1. The topological polar surface area (TPSA) is 108 Å². The molecule has 34 heavy (non-hydrogen) atoms. The Morgan fingerprint density at radius 2 is 1.94 bits per heavy atom. The molecule has 0 bridgehead atoms. The average Bonchev–Trinajstić information content (AvgIpc) is 3.65. The van der Waals surface area contributed by atoms with Crippen LogP contribution < -0.4 is 10.6 Å². The van der Waals surface area contributed by atoms with Crippen molar-refractivity contribution in [2.45, 2.75) is 74.4 Å². The summed E-state index contributed by atoms with van der Waals surface area (Å²) in [5.74, 6) is -0.663. The largest absolute Gasteiger partial charge is 0.345 e. The Balaban J connectivity index is 0.00000342. The van der Waals surface area contributed by atoms with Gasteiger partial charge in [0.1, 0.15) is 12.1 Å². The van der Waals surface area contributed by atoms with Crippen molar-refractivity contribution in [1.82, 2.24) is 19.9 Å². The van der Waals surface area contributed by atoms with Crippen LogP contribution in [0.25, 0.3) is 0 Å². The van der Waals surface area contributed by atoms with Gasteiger partial charge >= 0.3 is 0 Å². The van der Waals surface area contributed by atoms with Gasteiger partial charge in [0.05, 0.1) is 10.4 Å². The monoisotopic (exact) mass is 486 g/mol. The van der Waals surface area contributed by atoms with Crippen LogP contribution in [0.5, 0.6) is 0 Å². The third-order valence-corrected chi connectivity index (χ3v) is 8.57. The van der Waals surface area contributed by atoms with Crippen molar-refractivity contribution in [2.75, 3.05) is 6.54 Å². The van der Waals surface area contributed by atoms with Crippen molar-refractivity contribution in [2.24, 2.45) is 0 Å². The Labute approximate surface area is 202 Å². The second kappa shape index (κ2) is 10.2. The van der Waals surface area contributed by atoms with Gasteiger partial charge in [-0.15, -0.1) is 0 Å². The molecule has 1 aromatic carbocycles. The fourth-order valence-corrected chi connectivity index (χ4v) is 6.27. The van der Waals surface area contributed by atoms with E-state index in [1.54, 1.807) is 42.7 Å². The molecule has 0 spiro atoms. The second-order valence-corrected chi connectivity index (χ2v) is 11.0. The normalized spacial score (nSPS) is 20.8. The summed E-state index contributed by atoms with van der Waals surface area (Å²) in [6.45, 7) is 2.23. The molecule has 4 rings (SSSR count). The summed E-state index contributed by atoms with van der Waals surface area (Å²) < 4.78 is 27.8. The van der Waals surface area contributed by atoms with E-state index in [0.29, 0.717) is 25.7 Å². The standard InChI is InChI=1S/C25H32N4O4S.H2/c1-2-9-21(23(30)28-25(14-15-25)19-10-8-16-26-18-19)27-24(31)22-13-6-7-17-29(22)34(32,33)20-11-4-3-5-12-20;/h3-5,8,10-12,16,18,21-22H,2,6-7,9,13-15,17H2,1H3,(H,27,31)(H,28,30);1H. The summed E-state index contributed by atoms with van der Waals surface area (Å²) in [5, 5.41) is 5.99. The number of nitrogens with one attached hydrogen (secondary N) is 2. The summed E-state index contributed by atoms with van der Waals surface area (Å²) in [6.07, 6.45) is 8.16. The van der Waals surface area contributed by atoms with E-state index < -0.39 is 33.6 Å². The predicted molar refractivity (Wildman–Crippen MR) is 130 cm³/mol. The number of hydrogen-bond acceptors (Lipinski definition) is 5. The summed E-state index contributed by atoms with van der Waals surface area (Å²) in [5.41, 5.74) is 0.521. The lowest BCUT2D eigenvalue weighted by molar-refractivity contribution is -0.132. The lowest BCUT2D eigenvalue weighted by Gasteiger charge is -2.34. The highest BCUT2D eigenvalue weighted by Crippen LogP contribution is 2.45. The maximum Gasteiger partial charge on any atom is 0.243 e. The molecule has 184 valence electrons. The zero-order valence-corrected chi connectivity index (χ0v) is 20.3. The van der Waals surface area contributed by atoms with Crippen molar-refractivity contribution in [1.29, 1.82) is 0 Å². The number of aromatic nitrogens is 1. The van der Waals surface area contributed by atoms with Crippen molar-refractivity contribution in [3.05, 3.63) is 60.4 Å². The van der Waals surface area contributed by atoms with Gasteiger partial charge in [-0.1, -0.05) is 44.0 Å². The van der Waals surface area contributed by atoms with Gasteiger partial charge in [0.15, 0.2) is 0 Å². The molecule has 2 N–H and O–H groups in total. The van der Waals surface area contributed by atoms with Gasteiger partial charge in [0, 0.05) is 20.4 Å². The van der Waals surface area contributed by atoms with E-state index in [9.17, 15) is 18.0 Å². The minimum atomic E-state index is -3.81. The number of amides is 2. The summed E-state index contributed by atoms with van der Waals surface area (Å²) in [6, 6.07) is 10.4.